The average Bonchev–Trinajstić information content (AvgIpc) is 2.63. The molecule has 15 heavy (non-hydrogen) atoms. The SMILES string of the molecule is Cc1noc(CCN2CCCNC2=O)n1. The van der Waals surface area contributed by atoms with Gasteiger partial charge in [-0.2, -0.15) is 4.98 Å². The second-order valence-electron chi connectivity index (χ2n) is 3.56. The van der Waals surface area contributed by atoms with Crippen molar-refractivity contribution >= 4 is 6.03 Å². The zero-order valence-electron chi connectivity index (χ0n) is 8.69. The lowest BCUT2D eigenvalue weighted by atomic mass is 10.3. The van der Waals surface area contributed by atoms with E-state index < -0.39 is 0 Å². The number of carbonyl (C=O) groups is 1. The number of aromatic nitrogens is 2. The summed E-state index contributed by atoms with van der Waals surface area (Å²) >= 11 is 0. The molecule has 82 valence electrons. The lowest BCUT2D eigenvalue weighted by molar-refractivity contribution is 0.185. The van der Waals surface area contributed by atoms with Gasteiger partial charge in [0.2, 0.25) is 5.89 Å². The van der Waals surface area contributed by atoms with Crippen molar-refractivity contribution in [3.63, 3.8) is 0 Å². The maximum atomic E-state index is 11.4. The summed E-state index contributed by atoms with van der Waals surface area (Å²) in [6, 6.07) is -0.00233. The van der Waals surface area contributed by atoms with Gasteiger partial charge < -0.3 is 14.7 Å². The van der Waals surface area contributed by atoms with Gasteiger partial charge in [-0.15, -0.1) is 0 Å². The molecule has 2 rings (SSSR count). The Kier molecular flexibility index (Phi) is 2.84. The molecule has 6 heteroatoms. The quantitative estimate of drug-likeness (QED) is 0.780. The van der Waals surface area contributed by atoms with Crippen molar-refractivity contribution in [2.75, 3.05) is 19.6 Å². The molecule has 0 spiro atoms. The molecule has 0 aliphatic carbocycles. The first-order chi connectivity index (χ1) is 7.25. The lowest BCUT2D eigenvalue weighted by Gasteiger charge is -2.26. The van der Waals surface area contributed by atoms with E-state index >= 15 is 0 Å². The molecular formula is C9H14N4O2. The number of nitrogens with zero attached hydrogens (tertiary/aromatic N) is 3. The summed E-state index contributed by atoms with van der Waals surface area (Å²) in [5, 5.41) is 6.49. The van der Waals surface area contributed by atoms with E-state index in [4.69, 9.17) is 4.52 Å². The van der Waals surface area contributed by atoms with E-state index in [0.717, 1.165) is 19.5 Å². The average molecular weight is 210 g/mol. The first kappa shape index (κ1) is 9.95. The third-order valence-electron chi connectivity index (χ3n) is 2.33. The summed E-state index contributed by atoms with van der Waals surface area (Å²) < 4.78 is 4.97. The Labute approximate surface area is 87.6 Å². The Hall–Kier alpha value is -1.59. The molecule has 0 aromatic carbocycles. The predicted octanol–water partition coefficient (Wildman–Crippen LogP) is 0.336. The molecule has 0 radical (unpaired) electrons. The van der Waals surface area contributed by atoms with Crippen LogP contribution in [0.3, 0.4) is 0 Å². The minimum absolute atomic E-state index is 0.00233. The summed E-state index contributed by atoms with van der Waals surface area (Å²) in [7, 11) is 0. The van der Waals surface area contributed by atoms with Gasteiger partial charge in [-0.1, -0.05) is 5.16 Å². The molecule has 1 aliphatic rings. The second-order valence-corrected chi connectivity index (χ2v) is 3.56. The smallest absolute Gasteiger partial charge is 0.317 e. The zero-order chi connectivity index (χ0) is 10.7. The van der Waals surface area contributed by atoms with Crippen LogP contribution in [-0.4, -0.2) is 40.7 Å². The van der Waals surface area contributed by atoms with Crippen LogP contribution in [-0.2, 0) is 6.42 Å². The fraction of sp³-hybridized carbons (Fsp3) is 0.667. The molecule has 0 saturated carbocycles. The van der Waals surface area contributed by atoms with Crippen molar-refractivity contribution in [2.45, 2.75) is 19.8 Å². The van der Waals surface area contributed by atoms with Crippen LogP contribution in [0.1, 0.15) is 18.1 Å². The predicted molar refractivity (Wildman–Crippen MR) is 52.3 cm³/mol. The normalized spacial score (nSPS) is 16.6. The van der Waals surface area contributed by atoms with Gasteiger partial charge in [0.25, 0.3) is 0 Å². The molecule has 1 N–H and O–H groups in total. The summed E-state index contributed by atoms with van der Waals surface area (Å²) in [4.78, 5) is 17.2. The van der Waals surface area contributed by atoms with Gasteiger partial charge in [0.05, 0.1) is 0 Å². The van der Waals surface area contributed by atoms with E-state index in [2.05, 4.69) is 15.5 Å². The van der Waals surface area contributed by atoms with Gasteiger partial charge in [0.1, 0.15) is 0 Å². The van der Waals surface area contributed by atoms with Crippen LogP contribution in [0.15, 0.2) is 4.52 Å². The highest BCUT2D eigenvalue weighted by Gasteiger charge is 2.17. The van der Waals surface area contributed by atoms with Crippen molar-refractivity contribution in [3.05, 3.63) is 11.7 Å². The number of amides is 2. The standard InChI is InChI=1S/C9H14N4O2/c1-7-11-8(15-12-7)3-6-13-5-2-4-10-9(13)14/h2-6H2,1H3,(H,10,14). The number of hydrogen-bond donors (Lipinski definition) is 1. The maximum Gasteiger partial charge on any atom is 0.317 e. The Morgan fingerprint density at radius 3 is 3.13 bits per heavy atom. The second kappa shape index (κ2) is 4.29. The molecule has 0 bridgehead atoms. The van der Waals surface area contributed by atoms with Crippen LogP contribution in [0.25, 0.3) is 0 Å². The fourth-order valence-electron chi connectivity index (χ4n) is 1.56. The molecule has 6 nitrogen and oxygen atoms in total. The molecule has 1 saturated heterocycles. The Morgan fingerprint density at radius 2 is 2.47 bits per heavy atom. The van der Waals surface area contributed by atoms with Crippen molar-refractivity contribution in [1.82, 2.24) is 20.4 Å². The highest BCUT2D eigenvalue weighted by molar-refractivity contribution is 5.74. The Bertz CT molecular complexity index is 350. The van der Waals surface area contributed by atoms with E-state index in [9.17, 15) is 4.79 Å². The topological polar surface area (TPSA) is 71.3 Å². The summed E-state index contributed by atoms with van der Waals surface area (Å²) in [5.41, 5.74) is 0. The maximum absolute atomic E-state index is 11.4. The van der Waals surface area contributed by atoms with E-state index in [0.29, 0.717) is 24.7 Å². The van der Waals surface area contributed by atoms with E-state index in [1.807, 2.05) is 0 Å². The highest BCUT2D eigenvalue weighted by atomic mass is 16.5. The molecule has 1 fully saturated rings. The van der Waals surface area contributed by atoms with E-state index in [1.54, 1.807) is 11.8 Å². The molecular weight excluding hydrogens is 196 g/mol. The minimum Gasteiger partial charge on any atom is -0.339 e. The molecule has 2 amide bonds. The molecule has 1 aromatic rings. The summed E-state index contributed by atoms with van der Waals surface area (Å²) in [5.74, 6) is 1.22. The first-order valence-corrected chi connectivity index (χ1v) is 5.07. The molecule has 1 aromatic heterocycles. The van der Waals surface area contributed by atoms with Gasteiger partial charge in [0, 0.05) is 26.1 Å². The van der Waals surface area contributed by atoms with Gasteiger partial charge in [0.15, 0.2) is 5.82 Å². The number of nitrogens with one attached hydrogen (secondary N) is 1. The third-order valence-corrected chi connectivity index (χ3v) is 2.33. The van der Waals surface area contributed by atoms with Crippen LogP contribution in [0.2, 0.25) is 0 Å². The number of hydrogen-bond acceptors (Lipinski definition) is 4. The number of aryl methyl sites for hydroxylation is 1. The van der Waals surface area contributed by atoms with Crippen molar-refractivity contribution in [1.29, 1.82) is 0 Å². The number of rotatable bonds is 3. The van der Waals surface area contributed by atoms with Crippen molar-refractivity contribution in [3.8, 4) is 0 Å². The van der Waals surface area contributed by atoms with Gasteiger partial charge in [-0.05, 0) is 13.3 Å². The van der Waals surface area contributed by atoms with E-state index in [-0.39, 0.29) is 6.03 Å². The Balaban J connectivity index is 1.84. The first-order valence-electron chi connectivity index (χ1n) is 5.07. The number of urea groups is 1. The monoisotopic (exact) mass is 210 g/mol. The van der Waals surface area contributed by atoms with Crippen molar-refractivity contribution < 1.29 is 9.32 Å². The fourth-order valence-corrected chi connectivity index (χ4v) is 1.56. The molecule has 0 atom stereocenters. The van der Waals surface area contributed by atoms with Crippen molar-refractivity contribution in [2.24, 2.45) is 0 Å². The van der Waals surface area contributed by atoms with Gasteiger partial charge in [-0.25, -0.2) is 4.79 Å². The molecule has 1 aliphatic heterocycles. The van der Waals surface area contributed by atoms with Crippen LogP contribution < -0.4 is 5.32 Å². The minimum atomic E-state index is -0.00233. The summed E-state index contributed by atoms with van der Waals surface area (Å²) in [6.07, 6.45) is 1.61. The summed E-state index contributed by atoms with van der Waals surface area (Å²) in [6.45, 7) is 3.99. The van der Waals surface area contributed by atoms with Crippen LogP contribution in [0.5, 0.6) is 0 Å². The zero-order valence-corrected chi connectivity index (χ0v) is 8.69. The van der Waals surface area contributed by atoms with Gasteiger partial charge >= 0.3 is 6.03 Å². The number of carbonyl (C=O) groups excluding carboxylic acids is 1. The lowest BCUT2D eigenvalue weighted by Crippen LogP contribution is -2.47. The third kappa shape index (κ3) is 2.45. The van der Waals surface area contributed by atoms with Gasteiger partial charge in [-0.3, -0.25) is 0 Å². The highest BCUT2D eigenvalue weighted by Crippen LogP contribution is 2.03. The largest absolute Gasteiger partial charge is 0.339 e. The molecule has 0 unspecified atom stereocenters. The van der Waals surface area contributed by atoms with Crippen LogP contribution in [0.4, 0.5) is 4.79 Å². The van der Waals surface area contributed by atoms with Crippen LogP contribution >= 0.6 is 0 Å². The Morgan fingerprint density at radius 1 is 1.60 bits per heavy atom. The van der Waals surface area contributed by atoms with Crippen LogP contribution in [0, 0.1) is 6.92 Å². The molecule has 2 heterocycles. The van der Waals surface area contributed by atoms with E-state index in [1.165, 1.54) is 0 Å².